The Morgan fingerprint density at radius 3 is 2.57 bits per heavy atom. The molecule has 4 nitrogen and oxygen atoms in total. The van der Waals surface area contributed by atoms with Gasteiger partial charge in [0.25, 0.3) is 0 Å². The van der Waals surface area contributed by atoms with Crippen molar-refractivity contribution in [1.29, 1.82) is 0 Å². The van der Waals surface area contributed by atoms with Crippen molar-refractivity contribution in [2.75, 3.05) is 7.05 Å². The van der Waals surface area contributed by atoms with E-state index in [2.05, 4.69) is 60.5 Å². The van der Waals surface area contributed by atoms with E-state index in [1.165, 1.54) is 0 Å². The van der Waals surface area contributed by atoms with Gasteiger partial charge in [-0.2, -0.15) is 0 Å². The second-order valence-corrected chi connectivity index (χ2v) is 7.56. The molecule has 2 aromatic heterocycles. The Balaban J connectivity index is 1.84. The van der Waals surface area contributed by atoms with E-state index < -0.39 is 0 Å². The molecule has 0 aromatic carbocycles. The molecular formula is C16H25N3OS. The average Bonchev–Trinajstić information content (AvgIpc) is 2.95. The molecule has 0 amide bonds. The van der Waals surface area contributed by atoms with Crippen LogP contribution in [0.25, 0.3) is 0 Å². The number of nitrogens with one attached hydrogen (secondary N) is 1. The maximum Gasteiger partial charge on any atom is 0.118 e. The van der Waals surface area contributed by atoms with E-state index in [1.54, 1.807) is 11.3 Å². The number of hydrogen-bond acceptors (Lipinski definition) is 5. The highest BCUT2D eigenvalue weighted by molar-refractivity contribution is 7.09. The summed E-state index contributed by atoms with van der Waals surface area (Å²) in [7, 11) is 2.09. The molecule has 0 unspecified atom stereocenters. The molecule has 0 aliphatic heterocycles. The molecule has 2 rings (SSSR count). The molecule has 21 heavy (non-hydrogen) atoms. The predicted octanol–water partition coefficient (Wildman–Crippen LogP) is 3.56. The maximum atomic E-state index is 5.87. The van der Waals surface area contributed by atoms with Crippen LogP contribution in [0, 0.1) is 6.92 Å². The molecule has 116 valence electrons. The van der Waals surface area contributed by atoms with Gasteiger partial charge < -0.3 is 9.73 Å². The fraction of sp³-hybridized carbons (Fsp3) is 0.562. The first-order valence-corrected chi connectivity index (χ1v) is 8.12. The van der Waals surface area contributed by atoms with E-state index in [0.29, 0.717) is 0 Å². The maximum absolute atomic E-state index is 5.87. The van der Waals surface area contributed by atoms with Crippen LogP contribution in [0.1, 0.15) is 43.0 Å². The lowest BCUT2D eigenvalue weighted by Crippen LogP contribution is -2.34. The molecule has 1 N–H and O–H groups in total. The van der Waals surface area contributed by atoms with Crippen LogP contribution < -0.4 is 5.32 Å². The molecule has 0 spiro atoms. The summed E-state index contributed by atoms with van der Waals surface area (Å²) in [4.78, 5) is 6.71. The number of hydrogen-bond donors (Lipinski definition) is 1. The summed E-state index contributed by atoms with van der Waals surface area (Å²) in [5.41, 5.74) is 1.23. The lowest BCUT2D eigenvalue weighted by Gasteiger charge is -2.19. The highest BCUT2D eigenvalue weighted by Gasteiger charge is 2.11. The molecule has 0 atom stereocenters. The van der Waals surface area contributed by atoms with E-state index in [-0.39, 0.29) is 5.54 Å². The summed E-state index contributed by atoms with van der Waals surface area (Å²) in [6.07, 6.45) is 0. The topological polar surface area (TPSA) is 41.3 Å². The van der Waals surface area contributed by atoms with Gasteiger partial charge >= 0.3 is 0 Å². The van der Waals surface area contributed by atoms with Crippen LogP contribution in [0.5, 0.6) is 0 Å². The summed E-state index contributed by atoms with van der Waals surface area (Å²) in [5.74, 6) is 1.98. The minimum Gasteiger partial charge on any atom is -0.463 e. The molecule has 0 bridgehead atoms. The van der Waals surface area contributed by atoms with Gasteiger partial charge in [0.05, 0.1) is 23.8 Å². The van der Waals surface area contributed by atoms with Gasteiger partial charge in [-0.25, -0.2) is 4.98 Å². The van der Waals surface area contributed by atoms with Crippen LogP contribution >= 0.6 is 11.3 Å². The Labute approximate surface area is 131 Å². The summed E-state index contributed by atoms with van der Waals surface area (Å²) in [6, 6.07) is 4.11. The van der Waals surface area contributed by atoms with Gasteiger partial charge in [-0.15, -0.1) is 11.3 Å². The normalized spacial score (nSPS) is 12.3. The van der Waals surface area contributed by atoms with Crippen LogP contribution in [-0.4, -0.2) is 22.5 Å². The van der Waals surface area contributed by atoms with Crippen molar-refractivity contribution < 1.29 is 4.42 Å². The Bertz CT molecular complexity index is 568. The molecule has 0 saturated heterocycles. The summed E-state index contributed by atoms with van der Waals surface area (Å²) in [5, 5.41) is 6.67. The molecular weight excluding hydrogens is 282 g/mol. The number of thiazole rings is 1. The Kier molecular flexibility index (Phi) is 5.19. The zero-order valence-electron chi connectivity index (χ0n) is 13.6. The van der Waals surface area contributed by atoms with Gasteiger partial charge in [0.15, 0.2) is 0 Å². The average molecular weight is 307 g/mol. The first kappa shape index (κ1) is 16.2. The number of aryl methyl sites for hydroxylation is 1. The zero-order chi connectivity index (χ0) is 15.5. The van der Waals surface area contributed by atoms with Crippen LogP contribution in [-0.2, 0) is 19.6 Å². The number of furan rings is 1. The number of aromatic nitrogens is 1. The lowest BCUT2D eigenvalue weighted by atomic mass is 10.1. The Morgan fingerprint density at radius 2 is 1.95 bits per heavy atom. The molecule has 0 fully saturated rings. The molecule has 0 saturated carbocycles. The standard InChI is InChI=1S/C16H25N3OS/c1-12-18-13(11-21-12)9-19(5)10-15-7-6-14(20-15)8-17-16(2,3)4/h6-7,11,17H,8-10H2,1-5H3. The predicted molar refractivity (Wildman–Crippen MR) is 87.3 cm³/mol. The smallest absolute Gasteiger partial charge is 0.118 e. The van der Waals surface area contributed by atoms with E-state index in [1.807, 2.05) is 6.92 Å². The Morgan fingerprint density at radius 1 is 1.24 bits per heavy atom. The van der Waals surface area contributed by atoms with E-state index >= 15 is 0 Å². The lowest BCUT2D eigenvalue weighted by molar-refractivity contribution is 0.277. The molecule has 2 aromatic rings. The SMILES string of the molecule is Cc1nc(CN(C)Cc2ccc(CNC(C)(C)C)o2)cs1. The largest absolute Gasteiger partial charge is 0.463 e. The molecule has 0 aliphatic rings. The molecule has 0 radical (unpaired) electrons. The highest BCUT2D eigenvalue weighted by atomic mass is 32.1. The zero-order valence-corrected chi connectivity index (χ0v) is 14.4. The molecule has 5 heteroatoms. The first-order chi connectivity index (χ1) is 9.82. The quantitative estimate of drug-likeness (QED) is 0.886. The van der Waals surface area contributed by atoms with Gasteiger partial charge in [-0.3, -0.25) is 4.90 Å². The monoisotopic (exact) mass is 307 g/mol. The minimum atomic E-state index is 0.103. The fourth-order valence-corrected chi connectivity index (χ4v) is 2.64. The molecule has 0 aliphatic carbocycles. The summed E-state index contributed by atoms with van der Waals surface area (Å²) < 4.78 is 5.87. The van der Waals surface area contributed by atoms with Crippen molar-refractivity contribution in [2.24, 2.45) is 0 Å². The summed E-state index contributed by atoms with van der Waals surface area (Å²) >= 11 is 1.70. The van der Waals surface area contributed by atoms with E-state index in [9.17, 15) is 0 Å². The van der Waals surface area contributed by atoms with Crippen LogP contribution in [0.2, 0.25) is 0 Å². The van der Waals surface area contributed by atoms with Crippen molar-refractivity contribution in [3.05, 3.63) is 39.7 Å². The van der Waals surface area contributed by atoms with E-state index in [0.717, 1.165) is 41.9 Å². The molecule has 2 heterocycles. The van der Waals surface area contributed by atoms with Crippen LogP contribution in [0.3, 0.4) is 0 Å². The second-order valence-electron chi connectivity index (χ2n) is 6.50. The third-order valence-electron chi connectivity index (χ3n) is 3.03. The van der Waals surface area contributed by atoms with Crippen molar-refractivity contribution in [3.8, 4) is 0 Å². The van der Waals surface area contributed by atoms with Crippen molar-refractivity contribution in [1.82, 2.24) is 15.2 Å². The van der Waals surface area contributed by atoms with Crippen molar-refractivity contribution in [3.63, 3.8) is 0 Å². The Hall–Kier alpha value is -1.17. The second kappa shape index (κ2) is 6.73. The third kappa shape index (κ3) is 5.61. The third-order valence-corrected chi connectivity index (χ3v) is 3.86. The van der Waals surface area contributed by atoms with Gasteiger partial charge in [0.2, 0.25) is 0 Å². The van der Waals surface area contributed by atoms with E-state index in [4.69, 9.17) is 4.42 Å². The van der Waals surface area contributed by atoms with Crippen molar-refractivity contribution in [2.45, 2.75) is 52.9 Å². The highest BCUT2D eigenvalue weighted by Crippen LogP contribution is 2.14. The number of nitrogens with zero attached hydrogens (tertiary/aromatic N) is 2. The van der Waals surface area contributed by atoms with Gasteiger partial charge in [-0.1, -0.05) is 0 Å². The number of rotatable bonds is 6. The van der Waals surface area contributed by atoms with Gasteiger partial charge in [0, 0.05) is 17.5 Å². The fourth-order valence-electron chi connectivity index (χ4n) is 2.03. The van der Waals surface area contributed by atoms with Crippen LogP contribution in [0.4, 0.5) is 0 Å². The van der Waals surface area contributed by atoms with Crippen LogP contribution in [0.15, 0.2) is 21.9 Å². The van der Waals surface area contributed by atoms with Gasteiger partial charge in [-0.05, 0) is 46.9 Å². The van der Waals surface area contributed by atoms with Gasteiger partial charge in [0.1, 0.15) is 11.5 Å². The first-order valence-electron chi connectivity index (χ1n) is 7.24. The minimum absolute atomic E-state index is 0.103. The summed E-state index contributed by atoms with van der Waals surface area (Å²) in [6.45, 7) is 10.9. The van der Waals surface area contributed by atoms with Crippen molar-refractivity contribution >= 4 is 11.3 Å².